The number of nitriles is 1. The van der Waals surface area contributed by atoms with Gasteiger partial charge in [0.25, 0.3) is 0 Å². The number of carboxylic acids is 3. The highest BCUT2D eigenvalue weighted by molar-refractivity contribution is 5.90. The molecule has 7 rings (SSSR count). The number of hydrogen-bond donors (Lipinski definition) is 6. The third kappa shape index (κ3) is 14.8. The van der Waals surface area contributed by atoms with Gasteiger partial charge in [0.1, 0.15) is 23.6 Å². The predicted octanol–water partition coefficient (Wildman–Crippen LogP) is 5.71. The van der Waals surface area contributed by atoms with E-state index in [0.717, 1.165) is 48.0 Å². The molecule has 0 amide bonds. The summed E-state index contributed by atoms with van der Waals surface area (Å²) >= 11 is 0. The molecular formula is C37H38F12N10O8. The predicted molar refractivity (Wildman–Crippen MR) is 200 cm³/mol. The third-order valence-corrected chi connectivity index (χ3v) is 10.4. The summed E-state index contributed by atoms with van der Waals surface area (Å²) in [6.07, 6.45) is -8.04. The highest BCUT2D eigenvalue weighted by Gasteiger charge is 2.49. The van der Waals surface area contributed by atoms with Crippen LogP contribution in [0.5, 0.6) is 5.88 Å². The first-order valence-corrected chi connectivity index (χ1v) is 19.3. The summed E-state index contributed by atoms with van der Waals surface area (Å²) in [4.78, 5) is 48.3. The van der Waals surface area contributed by atoms with E-state index in [9.17, 15) is 63.1 Å². The monoisotopic (exact) mass is 978 g/mol. The van der Waals surface area contributed by atoms with Crippen LogP contribution in [-0.2, 0) is 32.6 Å². The topological polar surface area (TPSA) is 266 Å². The van der Waals surface area contributed by atoms with Gasteiger partial charge in [-0.3, -0.25) is 9.58 Å². The number of aliphatic hydroxyl groups is 1. The lowest BCUT2D eigenvalue weighted by Crippen LogP contribution is -2.65. The van der Waals surface area contributed by atoms with Crippen molar-refractivity contribution in [1.82, 2.24) is 44.9 Å². The fraction of sp³-hybridized carbons (Fsp3) is 0.541. The van der Waals surface area contributed by atoms with Crippen molar-refractivity contribution in [2.45, 2.75) is 93.9 Å². The van der Waals surface area contributed by atoms with E-state index >= 15 is 0 Å². The molecule has 0 spiro atoms. The number of halogens is 12. The average molecular weight is 979 g/mol. The van der Waals surface area contributed by atoms with Crippen molar-refractivity contribution in [1.29, 1.82) is 5.26 Å². The van der Waals surface area contributed by atoms with Gasteiger partial charge in [0.2, 0.25) is 11.7 Å². The number of H-pyrrole nitrogens is 1. The molecule has 1 saturated heterocycles. The van der Waals surface area contributed by atoms with Gasteiger partial charge in [-0.05, 0) is 44.6 Å². The number of alkyl halides is 12. The number of aromatic amines is 1. The number of ether oxygens (including phenoxy) is 1. The number of aliphatic hydroxyl groups excluding tert-OH is 1. The number of carbonyl (C=O) groups is 3. The summed E-state index contributed by atoms with van der Waals surface area (Å²) in [5.41, 5.74) is 1.97. The first-order chi connectivity index (χ1) is 31.0. The zero-order chi connectivity index (χ0) is 50.2. The maximum Gasteiger partial charge on any atom is 0.490 e. The Kier molecular flexibility index (Phi) is 16.8. The van der Waals surface area contributed by atoms with E-state index in [0.29, 0.717) is 38.9 Å². The number of nitrogens with one attached hydrogen (secondary N) is 2. The first-order valence-electron chi connectivity index (χ1n) is 19.3. The minimum atomic E-state index is -5.08. The van der Waals surface area contributed by atoms with Crippen LogP contribution in [0, 0.1) is 16.7 Å². The van der Waals surface area contributed by atoms with Gasteiger partial charge < -0.3 is 35.5 Å². The van der Waals surface area contributed by atoms with Crippen LogP contribution in [0.15, 0.2) is 37.1 Å². The Balaban J connectivity index is 0.000000389. The van der Waals surface area contributed by atoms with Gasteiger partial charge in [-0.2, -0.15) is 68.0 Å². The quantitative estimate of drug-likeness (QED) is 0.0984. The molecule has 1 aliphatic heterocycles. The van der Waals surface area contributed by atoms with Crippen LogP contribution in [0.1, 0.15) is 56.5 Å². The molecule has 5 heterocycles. The molecule has 2 aliphatic carbocycles. The van der Waals surface area contributed by atoms with Crippen molar-refractivity contribution < 1.29 is 92.2 Å². The van der Waals surface area contributed by atoms with Crippen molar-refractivity contribution in [3.05, 3.63) is 48.6 Å². The second kappa shape index (κ2) is 21.1. The summed E-state index contributed by atoms with van der Waals surface area (Å²) in [6, 6.07) is 6.02. The lowest BCUT2D eigenvalue weighted by atomic mass is 9.82. The Morgan fingerprint density at radius 1 is 0.881 bits per heavy atom. The lowest BCUT2D eigenvalue weighted by molar-refractivity contribution is -0.193. The molecule has 6 N–H and O–H groups in total. The van der Waals surface area contributed by atoms with Gasteiger partial charge in [-0.25, -0.2) is 29.3 Å². The number of aliphatic carboxylic acids is 3. The second-order valence-corrected chi connectivity index (χ2v) is 15.3. The molecule has 3 fully saturated rings. The maximum absolute atomic E-state index is 13.6. The van der Waals surface area contributed by atoms with E-state index in [2.05, 4.69) is 46.3 Å². The van der Waals surface area contributed by atoms with Gasteiger partial charge in [0.15, 0.2) is 0 Å². The summed E-state index contributed by atoms with van der Waals surface area (Å²) in [5.74, 6) is -9.56. The number of likely N-dealkylation sites (tertiary alicyclic amines) is 1. The Hall–Kier alpha value is -6.35. The van der Waals surface area contributed by atoms with Crippen LogP contribution in [0.4, 0.5) is 52.7 Å². The summed E-state index contributed by atoms with van der Waals surface area (Å²) < 4.78 is 144. The van der Waals surface area contributed by atoms with Gasteiger partial charge >= 0.3 is 42.6 Å². The minimum absolute atomic E-state index is 0.0527. The van der Waals surface area contributed by atoms with Crippen molar-refractivity contribution in [3.8, 4) is 23.2 Å². The van der Waals surface area contributed by atoms with E-state index in [1.807, 2.05) is 23.1 Å². The third-order valence-electron chi connectivity index (χ3n) is 10.4. The zero-order valence-corrected chi connectivity index (χ0v) is 34.1. The normalized spacial score (nSPS) is 18.9. The van der Waals surface area contributed by atoms with Gasteiger partial charge in [-0.1, -0.05) is 0 Å². The highest BCUT2D eigenvalue weighted by Crippen LogP contribution is 2.44. The molecule has 0 aromatic carbocycles. The number of rotatable bonds is 11. The van der Waals surface area contributed by atoms with Crippen LogP contribution in [0.2, 0.25) is 0 Å². The van der Waals surface area contributed by atoms with Gasteiger partial charge in [0.05, 0.1) is 30.1 Å². The summed E-state index contributed by atoms with van der Waals surface area (Å²) in [5, 5.41) is 49.2. The molecule has 3 aliphatic rings. The van der Waals surface area contributed by atoms with Crippen molar-refractivity contribution >= 4 is 28.9 Å². The summed E-state index contributed by atoms with van der Waals surface area (Å²) in [7, 11) is 0. The van der Waals surface area contributed by atoms with Crippen LogP contribution in [0.3, 0.4) is 0 Å². The van der Waals surface area contributed by atoms with E-state index in [-0.39, 0.29) is 42.3 Å². The Labute approximate surface area is 368 Å². The number of carboxylic acid groups (broad SMARTS) is 3. The first kappa shape index (κ1) is 53.3. The van der Waals surface area contributed by atoms with E-state index in [1.165, 1.54) is 12.4 Å². The molecule has 67 heavy (non-hydrogen) atoms. The lowest BCUT2D eigenvalue weighted by Gasteiger charge is -2.53. The van der Waals surface area contributed by atoms with Gasteiger partial charge in [-0.15, -0.1) is 0 Å². The molecule has 2 saturated carbocycles. The average Bonchev–Trinajstić information content (AvgIpc) is 3.55. The standard InChI is InChI=1S/C31H35F3N10O2.3C2HF3O2/c32-31(33,34)28-41-21(13-36-15-29(18-45)6-7-29)11-25(42-28)46-23-3-1-22(2-4-23)43-16-30(17-43,8-9-35)44-14-20(12-40-44)26-24-5-10-37-27(24)39-19-38-26;3*3-2(4,5)1(6)7/h5,10-12,14,19,22-23,36,45H,1-4,6-8,13,15-18H2,(H,37,38,39);3*(H,6,7)/t22-,23+;;;. The fourth-order valence-corrected chi connectivity index (χ4v) is 6.73. The molecule has 0 bridgehead atoms. The van der Waals surface area contributed by atoms with E-state index in [4.69, 9.17) is 34.4 Å². The minimum Gasteiger partial charge on any atom is -0.475 e. The van der Waals surface area contributed by atoms with Crippen molar-refractivity contribution in [2.75, 3.05) is 26.2 Å². The number of aromatic nitrogens is 7. The maximum atomic E-state index is 13.6. The number of nitrogens with zero attached hydrogens (tertiary/aromatic N) is 8. The van der Waals surface area contributed by atoms with Crippen LogP contribution >= 0.6 is 0 Å². The molecule has 4 aromatic heterocycles. The zero-order valence-electron chi connectivity index (χ0n) is 34.1. The fourth-order valence-electron chi connectivity index (χ4n) is 6.73. The molecule has 0 radical (unpaired) electrons. The Bertz CT molecular complexity index is 2310. The van der Waals surface area contributed by atoms with Crippen LogP contribution in [0.25, 0.3) is 22.3 Å². The molecule has 4 aromatic rings. The molecule has 18 nitrogen and oxygen atoms in total. The molecule has 368 valence electrons. The summed E-state index contributed by atoms with van der Waals surface area (Å²) in [6.45, 7) is 2.05. The Morgan fingerprint density at radius 2 is 1.45 bits per heavy atom. The molecule has 30 heteroatoms. The molecule has 0 unspecified atom stereocenters. The Morgan fingerprint density at radius 3 is 1.94 bits per heavy atom. The number of hydrogen-bond acceptors (Lipinski definition) is 13. The van der Waals surface area contributed by atoms with Crippen molar-refractivity contribution in [3.63, 3.8) is 0 Å². The van der Waals surface area contributed by atoms with Crippen LogP contribution in [-0.4, -0.2) is 135 Å². The van der Waals surface area contributed by atoms with E-state index in [1.54, 1.807) is 6.20 Å². The molecule has 0 atom stereocenters. The largest absolute Gasteiger partial charge is 0.490 e. The second-order valence-electron chi connectivity index (χ2n) is 15.3. The highest BCUT2D eigenvalue weighted by atomic mass is 19.4. The smallest absolute Gasteiger partial charge is 0.475 e. The SMILES string of the molecule is N#CCC1(n2cc(-c3ncnc4[nH]ccc34)cn2)CN([C@H]2CC[C@@H](Oc3cc(CNCC4(CO)CC4)nc(C(F)(F)F)n3)CC2)C1.O=C(O)C(F)(F)F.O=C(O)C(F)(F)F.O=C(O)C(F)(F)F. The molecular weight excluding hydrogens is 940 g/mol. The van der Waals surface area contributed by atoms with E-state index < -0.39 is 54.0 Å². The number of fused-ring (bicyclic) bond motifs is 1. The van der Waals surface area contributed by atoms with Gasteiger partial charge in [0, 0.05) is 73.7 Å². The van der Waals surface area contributed by atoms with Crippen molar-refractivity contribution in [2.24, 2.45) is 5.41 Å². The van der Waals surface area contributed by atoms with Crippen LogP contribution < -0.4 is 10.1 Å².